The Morgan fingerprint density at radius 2 is 2.24 bits per heavy atom. The van der Waals surface area contributed by atoms with Crippen LogP contribution >= 0.6 is 0 Å². The van der Waals surface area contributed by atoms with Crippen molar-refractivity contribution >= 4 is 5.91 Å². The fourth-order valence-corrected chi connectivity index (χ4v) is 3.27. The Morgan fingerprint density at radius 3 is 2.86 bits per heavy atom. The van der Waals surface area contributed by atoms with Gasteiger partial charge < -0.3 is 15.5 Å². The first kappa shape index (κ1) is 16.1. The molecule has 0 bridgehead atoms. The number of rotatable bonds is 4. The summed E-state index contributed by atoms with van der Waals surface area (Å²) in [6, 6.07) is 2.04. The summed E-state index contributed by atoms with van der Waals surface area (Å²) in [4.78, 5) is 12.5. The lowest BCUT2D eigenvalue weighted by Crippen LogP contribution is -2.53. The topological polar surface area (TPSA) is 68.3 Å². The monoisotopic (exact) mass is 292 g/mol. The molecule has 0 saturated heterocycles. The minimum absolute atomic E-state index is 0.00608. The normalized spacial score (nSPS) is 23.2. The van der Waals surface area contributed by atoms with Crippen LogP contribution in [0, 0.1) is 12.3 Å². The molecule has 1 heterocycles. The number of hydrogen-bond donors (Lipinski definition) is 2. The zero-order valence-electron chi connectivity index (χ0n) is 13.9. The van der Waals surface area contributed by atoms with Crippen LogP contribution in [0.5, 0.6) is 0 Å². The number of nitrogens with one attached hydrogen (secondary N) is 1. The Balaban J connectivity index is 2.21. The van der Waals surface area contributed by atoms with Crippen LogP contribution in [0.1, 0.15) is 70.1 Å². The smallest absolute Gasteiger partial charge is 0.240 e. The molecule has 3 N–H and O–H groups in total. The van der Waals surface area contributed by atoms with Crippen molar-refractivity contribution in [1.82, 2.24) is 5.32 Å². The van der Waals surface area contributed by atoms with Gasteiger partial charge in [0.15, 0.2) is 0 Å². The summed E-state index contributed by atoms with van der Waals surface area (Å²) in [5.74, 6) is 1.83. The third kappa shape index (κ3) is 3.49. The van der Waals surface area contributed by atoms with Gasteiger partial charge in [-0.3, -0.25) is 4.79 Å². The molecule has 1 aliphatic rings. The second-order valence-corrected chi connectivity index (χ2v) is 7.47. The van der Waals surface area contributed by atoms with E-state index in [0.717, 1.165) is 36.3 Å². The molecule has 1 aliphatic carbocycles. The number of aryl methyl sites for hydroxylation is 1. The van der Waals surface area contributed by atoms with Crippen LogP contribution in [-0.2, 0) is 11.2 Å². The minimum atomic E-state index is -0.810. The molecule has 118 valence electrons. The highest BCUT2D eigenvalue weighted by atomic mass is 16.3. The molecule has 0 aromatic carbocycles. The van der Waals surface area contributed by atoms with E-state index >= 15 is 0 Å². The highest BCUT2D eigenvalue weighted by Gasteiger charge is 2.37. The molecule has 1 amide bonds. The first-order valence-corrected chi connectivity index (χ1v) is 7.84. The first-order valence-electron chi connectivity index (χ1n) is 7.84. The van der Waals surface area contributed by atoms with Gasteiger partial charge in [0.25, 0.3) is 0 Å². The Labute approximate surface area is 127 Å². The molecule has 0 saturated carbocycles. The Bertz CT molecular complexity index is 529. The zero-order chi connectivity index (χ0) is 15.8. The lowest BCUT2D eigenvalue weighted by molar-refractivity contribution is -0.127. The number of nitrogens with two attached hydrogens (primary N) is 1. The van der Waals surface area contributed by atoms with E-state index in [4.69, 9.17) is 10.2 Å². The summed E-state index contributed by atoms with van der Waals surface area (Å²) in [6.45, 7) is 10.2. The molecule has 0 aliphatic heterocycles. The van der Waals surface area contributed by atoms with Gasteiger partial charge in [-0.2, -0.15) is 0 Å². The van der Waals surface area contributed by atoms with E-state index in [1.165, 1.54) is 0 Å². The van der Waals surface area contributed by atoms with E-state index in [0.29, 0.717) is 6.42 Å². The lowest BCUT2D eigenvalue weighted by Gasteiger charge is -2.36. The number of fused-ring (bicyclic) bond motifs is 1. The predicted octanol–water partition coefficient (Wildman–Crippen LogP) is 3.24. The maximum absolute atomic E-state index is 12.5. The van der Waals surface area contributed by atoms with Crippen LogP contribution < -0.4 is 11.1 Å². The third-order valence-electron chi connectivity index (χ3n) is 4.33. The molecule has 2 rings (SSSR count). The summed E-state index contributed by atoms with van der Waals surface area (Å²) in [7, 11) is 0. The third-order valence-corrected chi connectivity index (χ3v) is 4.33. The van der Waals surface area contributed by atoms with Crippen molar-refractivity contribution in [2.45, 2.75) is 71.9 Å². The van der Waals surface area contributed by atoms with Crippen LogP contribution in [0.4, 0.5) is 0 Å². The molecule has 1 aromatic rings. The fourth-order valence-electron chi connectivity index (χ4n) is 3.27. The quantitative estimate of drug-likeness (QED) is 0.895. The van der Waals surface area contributed by atoms with Crippen molar-refractivity contribution in [2.75, 3.05) is 0 Å². The predicted molar refractivity (Wildman–Crippen MR) is 83.9 cm³/mol. The largest absolute Gasteiger partial charge is 0.466 e. The first-order chi connectivity index (χ1) is 9.64. The van der Waals surface area contributed by atoms with Crippen LogP contribution in [0.15, 0.2) is 10.5 Å². The second-order valence-electron chi connectivity index (χ2n) is 7.47. The van der Waals surface area contributed by atoms with E-state index in [2.05, 4.69) is 19.2 Å². The number of carbonyl (C=O) groups is 1. The average Bonchev–Trinajstić information content (AvgIpc) is 2.67. The van der Waals surface area contributed by atoms with Gasteiger partial charge in [-0.25, -0.2) is 0 Å². The van der Waals surface area contributed by atoms with Crippen LogP contribution in [0.25, 0.3) is 0 Å². The van der Waals surface area contributed by atoms with E-state index in [1.54, 1.807) is 6.92 Å². The molecular formula is C17H28N2O2. The van der Waals surface area contributed by atoms with Crippen LogP contribution in [0.2, 0.25) is 0 Å². The van der Waals surface area contributed by atoms with E-state index in [9.17, 15) is 4.79 Å². The fraction of sp³-hybridized carbons (Fsp3) is 0.706. The van der Waals surface area contributed by atoms with E-state index in [1.807, 2.05) is 19.9 Å². The summed E-state index contributed by atoms with van der Waals surface area (Å²) >= 11 is 0. The average molecular weight is 292 g/mol. The van der Waals surface area contributed by atoms with Gasteiger partial charge in [0.05, 0.1) is 11.6 Å². The number of carbonyl (C=O) groups excluding carboxylic acids is 1. The van der Waals surface area contributed by atoms with Gasteiger partial charge in [-0.05, 0) is 38.2 Å². The van der Waals surface area contributed by atoms with Gasteiger partial charge in [0.1, 0.15) is 11.5 Å². The number of amides is 1. The molecule has 4 heteroatoms. The molecule has 2 unspecified atom stereocenters. The van der Waals surface area contributed by atoms with Crippen molar-refractivity contribution in [3.05, 3.63) is 23.2 Å². The molecule has 0 fully saturated rings. The van der Waals surface area contributed by atoms with Gasteiger partial charge in [0.2, 0.25) is 5.91 Å². The highest BCUT2D eigenvalue weighted by Crippen LogP contribution is 2.42. The summed E-state index contributed by atoms with van der Waals surface area (Å²) in [5, 5.41) is 3.15. The maximum Gasteiger partial charge on any atom is 0.240 e. The minimum Gasteiger partial charge on any atom is -0.466 e. The van der Waals surface area contributed by atoms with Gasteiger partial charge in [0, 0.05) is 12.0 Å². The maximum atomic E-state index is 12.5. The van der Waals surface area contributed by atoms with E-state index in [-0.39, 0.29) is 17.4 Å². The Kier molecular flexibility index (Phi) is 4.20. The van der Waals surface area contributed by atoms with Crippen molar-refractivity contribution < 1.29 is 9.21 Å². The molecule has 4 nitrogen and oxygen atoms in total. The Morgan fingerprint density at radius 1 is 1.57 bits per heavy atom. The van der Waals surface area contributed by atoms with Gasteiger partial charge in [-0.15, -0.1) is 0 Å². The molecular weight excluding hydrogens is 264 g/mol. The summed E-state index contributed by atoms with van der Waals surface area (Å²) in [6.07, 6.45) is 3.41. The summed E-state index contributed by atoms with van der Waals surface area (Å²) in [5.41, 5.74) is 6.57. The summed E-state index contributed by atoms with van der Waals surface area (Å²) < 4.78 is 5.80. The zero-order valence-corrected chi connectivity index (χ0v) is 13.9. The number of furan rings is 1. The van der Waals surface area contributed by atoms with Gasteiger partial charge >= 0.3 is 0 Å². The van der Waals surface area contributed by atoms with Crippen molar-refractivity contribution in [3.63, 3.8) is 0 Å². The second kappa shape index (κ2) is 5.48. The van der Waals surface area contributed by atoms with Gasteiger partial charge in [-0.1, -0.05) is 27.2 Å². The van der Waals surface area contributed by atoms with Crippen molar-refractivity contribution in [3.8, 4) is 0 Å². The number of hydrogen-bond acceptors (Lipinski definition) is 3. The lowest BCUT2D eigenvalue weighted by atomic mass is 9.74. The standard InChI is InChI=1S/C17H28N2O2/c1-6-7-17(5,18)15(20)19-13-9-16(3,4)10-14-12(13)8-11(2)21-14/h8,13H,6-7,9-10,18H2,1-5H3,(H,19,20). The van der Waals surface area contributed by atoms with Crippen LogP contribution in [-0.4, -0.2) is 11.4 Å². The molecule has 2 atom stereocenters. The van der Waals surface area contributed by atoms with Crippen LogP contribution in [0.3, 0.4) is 0 Å². The SMILES string of the molecule is CCCC(C)(N)C(=O)NC1CC(C)(C)Cc2oc(C)cc21. The molecule has 21 heavy (non-hydrogen) atoms. The molecule has 0 spiro atoms. The molecule has 1 aromatic heterocycles. The highest BCUT2D eigenvalue weighted by molar-refractivity contribution is 5.86. The molecule has 0 radical (unpaired) electrons. The van der Waals surface area contributed by atoms with Crippen molar-refractivity contribution in [2.24, 2.45) is 11.1 Å². The van der Waals surface area contributed by atoms with Crippen molar-refractivity contribution in [1.29, 1.82) is 0 Å². The van der Waals surface area contributed by atoms with E-state index < -0.39 is 5.54 Å². The Hall–Kier alpha value is -1.29.